The summed E-state index contributed by atoms with van der Waals surface area (Å²) in [5.74, 6) is 0.814. The SMILES string of the molecule is CCCCCCC[N+](CCCCCCC)(CCC(CCC)CCCC)[Si](OCC)(OCC)OCC.[Cl-]. The first-order valence-electron chi connectivity index (χ1n) is 15.8. The van der Waals surface area contributed by atoms with E-state index in [2.05, 4.69) is 48.5 Å². The van der Waals surface area contributed by atoms with E-state index in [1.807, 2.05) is 0 Å². The molecule has 0 radical (unpaired) electrons. The molecule has 0 bridgehead atoms. The average molecular weight is 552 g/mol. The summed E-state index contributed by atoms with van der Waals surface area (Å²) in [7, 11) is -2.90. The van der Waals surface area contributed by atoms with Crippen LogP contribution in [0.5, 0.6) is 0 Å². The molecule has 0 aliphatic rings. The van der Waals surface area contributed by atoms with Crippen molar-refractivity contribution < 1.29 is 29.8 Å². The number of halogens is 1. The molecule has 4 nitrogen and oxygen atoms in total. The summed E-state index contributed by atoms with van der Waals surface area (Å²) in [6, 6.07) is 0. The number of nitrogens with zero attached hydrogens (tertiary/aromatic N) is 1. The molecule has 0 amide bonds. The van der Waals surface area contributed by atoms with E-state index in [-0.39, 0.29) is 12.4 Å². The smallest absolute Gasteiger partial charge is 0.784 e. The van der Waals surface area contributed by atoms with E-state index < -0.39 is 8.97 Å². The van der Waals surface area contributed by atoms with Gasteiger partial charge in [0.2, 0.25) is 0 Å². The first kappa shape index (κ1) is 38.5. The Morgan fingerprint density at radius 1 is 0.472 bits per heavy atom. The predicted molar refractivity (Wildman–Crippen MR) is 156 cm³/mol. The van der Waals surface area contributed by atoms with Gasteiger partial charge in [-0.15, -0.1) is 0 Å². The van der Waals surface area contributed by atoms with E-state index in [1.165, 1.54) is 103 Å². The first-order valence-corrected chi connectivity index (χ1v) is 17.5. The molecule has 0 spiro atoms. The number of unbranched alkanes of at least 4 members (excludes halogenated alkanes) is 9. The molecule has 1 unspecified atom stereocenters. The normalized spacial score (nSPS) is 13.1. The Balaban J connectivity index is 0. The van der Waals surface area contributed by atoms with Crippen molar-refractivity contribution in [2.24, 2.45) is 5.92 Å². The fourth-order valence-corrected chi connectivity index (χ4v) is 9.06. The van der Waals surface area contributed by atoms with Gasteiger partial charge in [0.25, 0.3) is 0 Å². The predicted octanol–water partition coefficient (Wildman–Crippen LogP) is 6.29. The molecule has 0 saturated carbocycles. The highest BCUT2D eigenvalue weighted by Crippen LogP contribution is 2.32. The van der Waals surface area contributed by atoms with Gasteiger partial charge >= 0.3 is 8.97 Å². The lowest BCUT2D eigenvalue weighted by Crippen LogP contribution is -3.00. The minimum absolute atomic E-state index is 0. The van der Waals surface area contributed by atoms with Crippen LogP contribution in [0.15, 0.2) is 0 Å². The lowest BCUT2D eigenvalue weighted by Gasteiger charge is -2.48. The summed E-state index contributed by atoms with van der Waals surface area (Å²) in [5, 5.41) is 0. The molecule has 1 atom stereocenters. The molecule has 0 heterocycles. The molecule has 0 fully saturated rings. The molecule has 0 aliphatic heterocycles. The van der Waals surface area contributed by atoms with Gasteiger partial charge in [-0.2, -0.15) is 0 Å². The van der Waals surface area contributed by atoms with Crippen molar-refractivity contribution in [3.63, 3.8) is 0 Å². The lowest BCUT2D eigenvalue weighted by molar-refractivity contribution is -0.861. The molecular formula is C30H66ClNO3Si. The molecule has 220 valence electrons. The molecule has 0 N–H and O–H groups in total. The Kier molecular flexibility index (Phi) is 27.4. The van der Waals surface area contributed by atoms with Crippen molar-refractivity contribution in [3.8, 4) is 0 Å². The number of hydrogen-bond donors (Lipinski definition) is 0. The Bertz CT molecular complexity index is 425. The van der Waals surface area contributed by atoms with Crippen molar-refractivity contribution in [2.75, 3.05) is 39.5 Å². The Hall–Kier alpha value is 0.347. The standard InChI is InChI=1S/C30H66NO3Si.ClH/c1-8-15-18-20-22-27-31(28-23-21-19-16-9-2,29-26-30(24-11-4)25-17-10-3)35(32-12-5,33-13-6)34-14-7;/h30H,8-29H2,1-7H3;1H/q+1;/p-1. The molecular weight excluding hydrogens is 486 g/mol. The van der Waals surface area contributed by atoms with Crippen LogP contribution in [-0.2, 0) is 13.3 Å². The number of hydrogen-bond acceptors (Lipinski definition) is 3. The third-order valence-electron chi connectivity index (χ3n) is 7.57. The Morgan fingerprint density at radius 3 is 1.31 bits per heavy atom. The summed E-state index contributed by atoms with van der Waals surface area (Å²) in [5.41, 5.74) is 0. The molecule has 6 heteroatoms. The zero-order chi connectivity index (χ0) is 26.3. The summed E-state index contributed by atoms with van der Waals surface area (Å²) in [6.45, 7) is 21.1. The molecule has 0 saturated heterocycles. The number of quaternary nitrogens is 1. The van der Waals surface area contributed by atoms with Crippen LogP contribution in [0.4, 0.5) is 0 Å². The summed E-state index contributed by atoms with van der Waals surface area (Å²) >= 11 is 0. The summed E-state index contributed by atoms with van der Waals surface area (Å²) < 4.78 is 21.0. The third kappa shape index (κ3) is 15.1. The van der Waals surface area contributed by atoms with Crippen molar-refractivity contribution in [3.05, 3.63) is 0 Å². The molecule has 0 rings (SSSR count). The van der Waals surface area contributed by atoms with Gasteiger partial charge in [0, 0.05) is 19.8 Å². The van der Waals surface area contributed by atoms with Gasteiger partial charge in [-0.1, -0.05) is 98.3 Å². The van der Waals surface area contributed by atoms with Crippen LogP contribution >= 0.6 is 0 Å². The highest BCUT2D eigenvalue weighted by atomic mass is 35.5. The molecule has 0 aromatic heterocycles. The van der Waals surface area contributed by atoms with Gasteiger partial charge in [-0.05, 0) is 58.8 Å². The van der Waals surface area contributed by atoms with Crippen molar-refractivity contribution in [1.82, 2.24) is 0 Å². The largest absolute Gasteiger partial charge is 1.00 e. The Labute approximate surface area is 235 Å². The van der Waals surface area contributed by atoms with Gasteiger partial charge in [-0.3, -0.25) is 0 Å². The average Bonchev–Trinajstić information content (AvgIpc) is 2.85. The third-order valence-corrected chi connectivity index (χ3v) is 11.4. The fraction of sp³-hybridized carbons (Fsp3) is 1.00. The van der Waals surface area contributed by atoms with Crippen molar-refractivity contribution in [1.29, 1.82) is 0 Å². The van der Waals surface area contributed by atoms with Crippen LogP contribution in [0.3, 0.4) is 0 Å². The van der Waals surface area contributed by atoms with Crippen LogP contribution in [0.2, 0.25) is 0 Å². The van der Waals surface area contributed by atoms with Crippen LogP contribution < -0.4 is 12.4 Å². The highest BCUT2D eigenvalue weighted by Gasteiger charge is 2.64. The minimum Gasteiger partial charge on any atom is -1.00 e. The molecule has 36 heavy (non-hydrogen) atoms. The second-order valence-electron chi connectivity index (χ2n) is 10.6. The molecule has 0 aliphatic carbocycles. The van der Waals surface area contributed by atoms with Gasteiger partial charge in [0.15, 0.2) is 0 Å². The number of rotatable bonds is 27. The van der Waals surface area contributed by atoms with E-state index in [4.69, 9.17) is 13.3 Å². The van der Waals surface area contributed by atoms with Crippen LogP contribution in [0, 0.1) is 5.92 Å². The van der Waals surface area contributed by atoms with Crippen molar-refractivity contribution >= 4 is 8.97 Å². The van der Waals surface area contributed by atoms with Gasteiger partial charge in [0.05, 0.1) is 19.6 Å². The first-order chi connectivity index (χ1) is 17.0. The van der Waals surface area contributed by atoms with E-state index in [0.717, 1.165) is 29.7 Å². The summed E-state index contributed by atoms with van der Waals surface area (Å²) in [6.07, 6.45) is 21.0. The van der Waals surface area contributed by atoms with Gasteiger partial charge in [-0.25, -0.2) is 0 Å². The van der Waals surface area contributed by atoms with E-state index in [0.29, 0.717) is 19.8 Å². The second kappa shape index (κ2) is 25.6. The van der Waals surface area contributed by atoms with E-state index >= 15 is 0 Å². The van der Waals surface area contributed by atoms with Gasteiger partial charge in [0.1, 0.15) is 0 Å². The summed E-state index contributed by atoms with van der Waals surface area (Å²) in [4.78, 5) is 0. The van der Waals surface area contributed by atoms with Crippen LogP contribution in [0.25, 0.3) is 0 Å². The molecule has 0 aromatic carbocycles. The second-order valence-corrected chi connectivity index (χ2v) is 13.4. The quantitative estimate of drug-likeness (QED) is 0.0886. The topological polar surface area (TPSA) is 27.7 Å². The zero-order valence-electron chi connectivity index (χ0n) is 25.7. The maximum Gasteiger partial charge on any atom is 0.784 e. The van der Waals surface area contributed by atoms with Crippen LogP contribution in [0.1, 0.15) is 151 Å². The van der Waals surface area contributed by atoms with Crippen molar-refractivity contribution in [2.45, 2.75) is 151 Å². The lowest BCUT2D eigenvalue weighted by atomic mass is 9.93. The van der Waals surface area contributed by atoms with Crippen LogP contribution in [-0.4, -0.2) is 52.6 Å². The molecule has 0 aromatic rings. The maximum absolute atomic E-state index is 6.67. The minimum atomic E-state index is -2.90. The zero-order valence-corrected chi connectivity index (χ0v) is 27.4. The highest BCUT2D eigenvalue weighted by molar-refractivity contribution is 6.52. The Morgan fingerprint density at radius 2 is 0.917 bits per heavy atom. The van der Waals surface area contributed by atoms with E-state index in [9.17, 15) is 0 Å². The van der Waals surface area contributed by atoms with Gasteiger partial charge < -0.3 is 29.8 Å². The van der Waals surface area contributed by atoms with E-state index in [1.54, 1.807) is 0 Å². The fourth-order valence-electron chi connectivity index (χ4n) is 5.63. The maximum atomic E-state index is 6.67. The monoisotopic (exact) mass is 551 g/mol.